The van der Waals surface area contributed by atoms with Crippen LogP contribution in [0.4, 0.5) is 17.6 Å². The molecule has 7 nitrogen and oxygen atoms in total. The van der Waals surface area contributed by atoms with E-state index in [1.807, 2.05) is 0 Å². The molecule has 1 aromatic heterocycles. The molecule has 1 saturated heterocycles. The number of carbonyl (C=O) groups excluding carboxylic acids is 2. The molecule has 2 aliphatic heterocycles. The highest BCUT2D eigenvalue weighted by atomic mass is 19.1. The van der Waals surface area contributed by atoms with Gasteiger partial charge in [0, 0.05) is 49.4 Å². The van der Waals surface area contributed by atoms with Gasteiger partial charge in [0.15, 0.2) is 11.4 Å². The molecule has 0 aliphatic carbocycles. The number of aromatic nitrogens is 1. The minimum atomic E-state index is -1.20. The van der Waals surface area contributed by atoms with Crippen LogP contribution in [0.5, 0.6) is 5.75 Å². The van der Waals surface area contributed by atoms with Gasteiger partial charge in [0.25, 0.3) is 11.8 Å². The van der Waals surface area contributed by atoms with E-state index in [4.69, 9.17) is 4.74 Å². The van der Waals surface area contributed by atoms with E-state index in [0.29, 0.717) is 37.1 Å². The first-order chi connectivity index (χ1) is 18.8. The van der Waals surface area contributed by atoms with E-state index in [9.17, 15) is 31.9 Å². The van der Waals surface area contributed by atoms with Crippen molar-refractivity contribution < 1.29 is 31.9 Å². The maximum absolute atomic E-state index is 14.1. The second-order valence-electron chi connectivity index (χ2n) is 9.64. The molecule has 1 N–H and O–H groups in total. The lowest BCUT2D eigenvalue weighted by Gasteiger charge is -2.37. The molecule has 2 bridgehead atoms. The van der Waals surface area contributed by atoms with E-state index in [1.54, 1.807) is 35.2 Å². The third kappa shape index (κ3) is 5.13. The molecule has 2 amide bonds. The highest BCUT2D eigenvalue weighted by Gasteiger charge is 2.40. The van der Waals surface area contributed by atoms with E-state index in [1.165, 1.54) is 10.8 Å². The summed E-state index contributed by atoms with van der Waals surface area (Å²) in [5, 5.41) is 2.29. The molecule has 1 fully saturated rings. The fourth-order valence-electron chi connectivity index (χ4n) is 5.14. The highest BCUT2D eigenvalue weighted by molar-refractivity contribution is 5.99. The van der Waals surface area contributed by atoms with Crippen LogP contribution < -0.4 is 15.5 Å². The summed E-state index contributed by atoms with van der Waals surface area (Å²) in [5.74, 6) is -5.78. The Hall–Kier alpha value is -4.15. The maximum atomic E-state index is 14.1. The van der Waals surface area contributed by atoms with Crippen molar-refractivity contribution in [2.45, 2.75) is 32.0 Å². The predicted molar refractivity (Wildman–Crippen MR) is 133 cm³/mol. The number of alkyl halides is 1. The summed E-state index contributed by atoms with van der Waals surface area (Å²) in [5.41, 5.74) is -1.28. The first-order valence-electron chi connectivity index (χ1n) is 12.5. The minimum Gasteiger partial charge on any atom is -0.483 e. The average molecular weight is 544 g/mol. The van der Waals surface area contributed by atoms with Crippen molar-refractivity contribution in [1.82, 2.24) is 14.8 Å². The Bertz CT molecular complexity index is 1450. The van der Waals surface area contributed by atoms with Crippen LogP contribution in [0.25, 0.3) is 0 Å². The van der Waals surface area contributed by atoms with E-state index in [0.717, 1.165) is 0 Å². The summed E-state index contributed by atoms with van der Waals surface area (Å²) in [6.45, 7) is -0.807. The van der Waals surface area contributed by atoms with Crippen LogP contribution in [0.15, 0.2) is 53.5 Å². The molecule has 2 aromatic carbocycles. The zero-order valence-electron chi connectivity index (χ0n) is 20.8. The number of amides is 2. The number of pyridine rings is 1. The molecule has 39 heavy (non-hydrogen) atoms. The number of hydrogen-bond donors (Lipinski definition) is 1. The molecule has 0 saturated carbocycles. The topological polar surface area (TPSA) is 80.6 Å². The molecule has 5 rings (SSSR count). The van der Waals surface area contributed by atoms with Gasteiger partial charge in [-0.1, -0.05) is 30.3 Å². The van der Waals surface area contributed by atoms with Crippen molar-refractivity contribution in [3.8, 4) is 5.75 Å². The first kappa shape index (κ1) is 26.5. The Kier molecular flexibility index (Phi) is 7.40. The van der Waals surface area contributed by atoms with E-state index in [-0.39, 0.29) is 24.6 Å². The normalized spacial score (nSPS) is 18.4. The summed E-state index contributed by atoms with van der Waals surface area (Å²) >= 11 is 0. The molecule has 3 aromatic rings. The zero-order valence-corrected chi connectivity index (χ0v) is 20.8. The Morgan fingerprint density at radius 3 is 2.49 bits per heavy atom. The summed E-state index contributed by atoms with van der Waals surface area (Å²) in [6, 6.07) is 9.28. The van der Waals surface area contributed by atoms with Crippen LogP contribution in [-0.4, -0.2) is 41.0 Å². The van der Waals surface area contributed by atoms with Crippen LogP contribution in [-0.2, 0) is 13.2 Å². The second kappa shape index (κ2) is 10.9. The smallest absolute Gasteiger partial charge is 0.274 e. The van der Waals surface area contributed by atoms with Crippen LogP contribution in [0.1, 0.15) is 50.9 Å². The Morgan fingerprint density at radius 1 is 1.08 bits per heavy atom. The lowest BCUT2D eigenvalue weighted by molar-refractivity contribution is 0.0647. The largest absolute Gasteiger partial charge is 0.483 e. The van der Waals surface area contributed by atoms with Gasteiger partial charge in [-0.3, -0.25) is 18.8 Å². The van der Waals surface area contributed by atoms with Gasteiger partial charge in [0.1, 0.15) is 29.6 Å². The fourth-order valence-corrected chi connectivity index (χ4v) is 5.14. The molecule has 0 unspecified atom stereocenters. The molecular weight excluding hydrogens is 518 g/mol. The molecular formula is C28H25F4N3O4. The van der Waals surface area contributed by atoms with Crippen molar-refractivity contribution in [2.75, 3.05) is 19.8 Å². The number of nitrogens with zero attached hydrogens (tertiary/aromatic N) is 2. The molecule has 2 aliphatic rings. The zero-order chi connectivity index (χ0) is 27.7. The van der Waals surface area contributed by atoms with Gasteiger partial charge in [0.2, 0.25) is 5.43 Å². The average Bonchev–Trinajstić information content (AvgIpc) is 3.11. The standard InChI is InChI=1S/C28H25F4N3O4/c29-11-17-7-4-8-34-14-23(17)35-13-20(27(37)33-12-19-21(31)9-18(30)10-22(19)32)25(36)26(24(35)28(34)38)39-15-16-5-2-1-3-6-16/h1-3,5-6,9-10,13,17,23H,4,7-8,11-12,14-15H2,(H,33,37)/t17-,23-/m0/s1. The number of ether oxygens (including phenoxy) is 1. The Balaban J connectivity index is 1.56. The Morgan fingerprint density at radius 2 is 1.79 bits per heavy atom. The number of fused-ring (bicyclic) bond motifs is 4. The van der Waals surface area contributed by atoms with Gasteiger partial charge >= 0.3 is 0 Å². The second-order valence-corrected chi connectivity index (χ2v) is 9.64. The maximum Gasteiger partial charge on any atom is 0.274 e. The predicted octanol–water partition coefficient (Wildman–Crippen LogP) is 4.15. The molecule has 0 radical (unpaired) electrons. The minimum absolute atomic E-state index is 0.0697. The monoisotopic (exact) mass is 543 g/mol. The van der Waals surface area contributed by atoms with Gasteiger partial charge in [-0.05, 0) is 18.4 Å². The van der Waals surface area contributed by atoms with Gasteiger partial charge in [-0.25, -0.2) is 13.2 Å². The van der Waals surface area contributed by atoms with Gasteiger partial charge in [-0.2, -0.15) is 0 Å². The van der Waals surface area contributed by atoms with Crippen molar-refractivity contribution in [3.05, 3.63) is 98.7 Å². The number of hydrogen-bond acceptors (Lipinski definition) is 4. The number of carbonyl (C=O) groups is 2. The number of benzene rings is 2. The summed E-state index contributed by atoms with van der Waals surface area (Å²) < 4.78 is 62.8. The Labute approximate surface area is 221 Å². The van der Waals surface area contributed by atoms with Crippen LogP contribution >= 0.6 is 0 Å². The van der Waals surface area contributed by atoms with Crippen molar-refractivity contribution in [1.29, 1.82) is 0 Å². The van der Waals surface area contributed by atoms with E-state index < -0.39 is 71.0 Å². The number of nitrogens with one attached hydrogen (secondary N) is 1. The summed E-state index contributed by atoms with van der Waals surface area (Å²) in [6.07, 6.45) is 2.27. The lowest BCUT2D eigenvalue weighted by Crippen LogP contribution is -2.46. The number of halogens is 4. The molecule has 0 spiro atoms. The highest BCUT2D eigenvalue weighted by Crippen LogP contribution is 2.36. The lowest BCUT2D eigenvalue weighted by atomic mass is 9.94. The van der Waals surface area contributed by atoms with Crippen molar-refractivity contribution in [2.24, 2.45) is 5.92 Å². The summed E-state index contributed by atoms with van der Waals surface area (Å²) in [4.78, 5) is 41.7. The van der Waals surface area contributed by atoms with Crippen LogP contribution in [0.3, 0.4) is 0 Å². The fraction of sp³-hybridized carbons (Fsp3) is 0.321. The van der Waals surface area contributed by atoms with Crippen LogP contribution in [0, 0.1) is 23.4 Å². The third-order valence-corrected chi connectivity index (χ3v) is 7.19. The SMILES string of the molecule is O=C(NCc1c(F)cc(F)cc1F)c1cn2c(c(OCc3ccccc3)c1=O)C(=O)N1CCC[C@@H](CF)[C@@H]2C1. The van der Waals surface area contributed by atoms with Crippen molar-refractivity contribution in [3.63, 3.8) is 0 Å². The quantitative estimate of drug-likeness (QED) is 0.454. The van der Waals surface area contributed by atoms with Gasteiger partial charge < -0.3 is 19.5 Å². The van der Waals surface area contributed by atoms with E-state index in [2.05, 4.69) is 5.32 Å². The van der Waals surface area contributed by atoms with Gasteiger partial charge in [-0.15, -0.1) is 0 Å². The first-order valence-corrected chi connectivity index (χ1v) is 12.5. The van der Waals surface area contributed by atoms with E-state index >= 15 is 0 Å². The third-order valence-electron chi connectivity index (χ3n) is 7.19. The molecule has 204 valence electrons. The van der Waals surface area contributed by atoms with Crippen molar-refractivity contribution >= 4 is 11.8 Å². The molecule has 11 heteroatoms. The van der Waals surface area contributed by atoms with Crippen LogP contribution in [0.2, 0.25) is 0 Å². The number of rotatable bonds is 7. The van der Waals surface area contributed by atoms with Gasteiger partial charge in [0.05, 0.1) is 12.7 Å². The molecule has 2 atom stereocenters. The molecule has 3 heterocycles. The summed E-state index contributed by atoms with van der Waals surface area (Å²) in [7, 11) is 0.